The number of halogens is 1. The van der Waals surface area contributed by atoms with E-state index in [2.05, 4.69) is 92.2 Å². The molecule has 1 heteroatoms. The lowest BCUT2D eigenvalue weighted by atomic mass is 9.78. The van der Waals surface area contributed by atoms with Gasteiger partial charge in [-0.1, -0.05) is 83.9 Å². The third-order valence-corrected chi connectivity index (χ3v) is 5.49. The number of benzene rings is 2. The second kappa shape index (κ2) is 5.50. The van der Waals surface area contributed by atoms with Crippen molar-refractivity contribution in [3.05, 3.63) is 70.8 Å². The van der Waals surface area contributed by atoms with Crippen LogP contribution in [0.1, 0.15) is 40.9 Å². The molecule has 0 heterocycles. The number of aryl methyl sites for hydroxylation is 2. The molecule has 0 aliphatic carbocycles. The fourth-order valence-corrected chi connectivity index (χ4v) is 3.29. The minimum Gasteiger partial charge on any atom is -0.0829 e. The molecule has 2 aromatic carbocycles. The Morgan fingerprint density at radius 1 is 0.947 bits per heavy atom. The largest absolute Gasteiger partial charge is 0.0829 e. The predicted molar refractivity (Wildman–Crippen MR) is 87.1 cm³/mol. The fourth-order valence-electron chi connectivity index (χ4n) is 2.51. The molecule has 1 unspecified atom stereocenters. The van der Waals surface area contributed by atoms with E-state index in [4.69, 9.17) is 0 Å². The zero-order chi connectivity index (χ0) is 14.0. The minimum absolute atomic E-state index is 0.0568. The van der Waals surface area contributed by atoms with E-state index in [0.717, 1.165) is 0 Å². The standard InChI is InChI=1S/C18H21Br/c1-13-10-11-16(14(2)12-13)17(19)18(3,4)15-8-6-5-7-9-15/h5-12,17H,1-4H3. The molecular formula is C18H21Br. The lowest BCUT2D eigenvalue weighted by Crippen LogP contribution is -2.23. The van der Waals surface area contributed by atoms with Crippen molar-refractivity contribution in [2.75, 3.05) is 0 Å². The molecule has 0 radical (unpaired) electrons. The molecule has 0 spiro atoms. The lowest BCUT2D eigenvalue weighted by molar-refractivity contribution is 0.516. The van der Waals surface area contributed by atoms with Gasteiger partial charge in [0.2, 0.25) is 0 Å². The molecule has 0 bridgehead atoms. The highest BCUT2D eigenvalue weighted by Gasteiger charge is 2.31. The molecule has 100 valence electrons. The van der Waals surface area contributed by atoms with E-state index in [1.165, 1.54) is 22.3 Å². The highest BCUT2D eigenvalue weighted by atomic mass is 79.9. The average Bonchev–Trinajstić information content (AvgIpc) is 2.39. The Labute approximate surface area is 125 Å². The number of alkyl halides is 1. The SMILES string of the molecule is Cc1ccc(C(Br)C(C)(C)c2ccccc2)c(C)c1. The Morgan fingerprint density at radius 2 is 1.58 bits per heavy atom. The van der Waals surface area contributed by atoms with Crippen LogP contribution in [0.15, 0.2) is 48.5 Å². The van der Waals surface area contributed by atoms with Gasteiger partial charge in [-0.05, 0) is 30.5 Å². The van der Waals surface area contributed by atoms with Crippen molar-refractivity contribution in [3.8, 4) is 0 Å². The molecule has 2 rings (SSSR count). The van der Waals surface area contributed by atoms with Crippen LogP contribution in [-0.2, 0) is 5.41 Å². The first kappa shape index (κ1) is 14.3. The number of rotatable bonds is 3. The van der Waals surface area contributed by atoms with Crippen molar-refractivity contribution >= 4 is 15.9 Å². The average molecular weight is 317 g/mol. The molecule has 0 aromatic heterocycles. The molecule has 0 nitrogen and oxygen atoms in total. The predicted octanol–water partition coefficient (Wildman–Crippen LogP) is 5.72. The van der Waals surface area contributed by atoms with E-state index in [-0.39, 0.29) is 5.41 Å². The van der Waals surface area contributed by atoms with Crippen LogP contribution in [0.3, 0.4) is 0 Å². The van der Waals surface area contributed by atoms with Crippen LogP contribution in [0.5, 0.6) is 0 Å². The molecule has 1 atom stereocenters. The van der Waals surface area contributed by atoms with Crippen molar-refractivity contribution in [2.24, 2.45) is 0 Å². The van der Waals surface area contributed by atoms with Gasteiger partial charge in [0, 0.05) is 10.2 Å². The maximum atomic E-state index is 3.92. The van der Waals surface area contributed by atoms with Crippen LogP contribution in [0, 0.1) is 13.8 Å². The van der Waals surface area contributed by atoms with Crippen molar-refractivity contribution in [1.82, 2.24) is 0 Å². The second-order valence-electron chi connectivity index (χ2n) is 5.81. The minimum atomic E-state index is 0.0568. The monoisotopic (exact) mass is 316 g/mol. The van der Waals surface area contributed by atoms with Crippen LogP contribution >= 0.6 is 15.9 Å². The summed E-state index contributed by atoms with van der Waals surface area (Å²) >= 11 is 3.92. The van der Waals surface area contributed by atoms with Gasteiger partial charge in [-0.25, -0.2) is 0 Å². The first-order valence-corrected chi connectivity index (χ1v) is 7.61. The second-order valence-corrected chi connectivity index (χ2v) is 6.73. The van der Waals surface area contributed by atoms with Crippen LogP contribution < -0.4 is 0 Å². The zero-order valence-electron chi connectivity index (χ0n) is 12.1. The van der Waals surface area contributed by atoms with E-state index in [9.17, 15) is 0 Å². The maximum absolute atomic E-state index is 3.92. The zero-order valence-corrected chi connectivity index (χ0v) is 13.7. The van der Waals surface area contributed by atoms with Crippen LogP contribution in [0.4, 0.5) is 0 Å². The van der Waals surface area contributed by atoms with E-state index < -0.39 is 0 Å². The first-order valence-electron chi connectivity index (χ1n) is 6.69. The van der Waals surface area contributed by atoms with Crippen molar-refractivity contribution in [1.29, 1.82) is 0 Å². The summed E-state index contributed by atoms with van der Waals surface area (Å²) in [6.45, 7) is 8.92. The van der Waals surface area contributed by atoms with Gasteiger partial charge in [0.25, 0.3) is 0 Å². The molecule has 0 fully saturated rings. The van der Waals surface area contributed by atoms with Crippen molar-refractivity contribution in [2.45, 2.75) is 37.9 Å². The number of hydrogen-bond donors (Lipinski definition) is 0. The van der Waals surface area contributed by atoms with E-state index in [0.29, 0.717) is 4.83 Å². The van der Waals surface area contributed by atoms with Crippen molar-refractivity contribution in [3.63, 3.8) is 0 Å². The van der Waals surface area contributed by atoms with E-state index >= 15 is 0 Å². The fraction of sp³-hybridized carbons (Fsp3) is 0.333. The normalized spacial score (nSPS) is 13.3. The Morgan fingerprint density at radius 3 is 2.16 bits per heavy atom. The van der Waals surface area contributed by atoms with Crippen molar-refractivity contribution < 1.29 is 0 Å². The van der Waals surface area contributed by atoms with Crippen LogP contribution in [0.25, 0.3) is 0 Å². The smallest absolute Gasteiger partial charge is 0.0489 e. The van der Waals surface area contributed by atoms with Gasteiger partial charge < -0.3 is 0 Å². The Kier molecular flexibility index (Phi) is 4.15. The third kappa shape index (κ3) is 2.92. The highest BCUT2D eigenvalue weighted by Crippen LogP contribution is 2.43. The van der Waals surface area contributed by atoms with Gasteiger partial charge in [0.15, 0.2) is 0 Å². The summed E-state index contributed by atoms with van der Waals surface area (Å²) in [6, 6.07) is 17.4. The van der Waals surface area contributed by atoms with E-state index in [1.54, 1.807) is 0 Å². The van der Waals surface area contributed by atoms with Gasteiger partial charge >= 0.3 is 0 Å². The summed E-state index contributed by atoms with van der Waals surface area (Å²) in [6.07, 6.45) is 0. The Hall–Kier alpha value is -1.08. The Balaban J connectivity index is 2.40. The van der Waals surface area contributed by atoms with Gasteiger partial charge in [0.05, 0.1) is 0 Å². The molecule has 0 N–H and O–H groups in total. The molecular weight excluding hydrogens is 296 g/mol. The van der Waals surface area contributed by atoms with Gasteiger partial charge in [-0.2, -0.15) is 0 Å². The summed E-state index contributed by atoms with van der Waals surface area (Å²) in [5.41, 5.74) is 5.46. The first-order chi connectivity index (χ1) is 8.93. The van der Waals surface area contributed by atoms with Crippen LogP contribution in [0.2, 0.25) is 0 Å². The van der Waals surface area contributed by atoms with Gasteiger partial charge in [0.1, 0.15) is 0 Å². The summed E-state index contributed by atoms with van der Waals surface area (Å²) in [5, 5.41) is 0. The molecule has 19 heavy (non-hydrogen) atoms. The van der Waals surface area contributed by atoms with Gasteiger partial charge in [-0.15, -0.1) is 0 Å². The summed E-state index contributed by atoms with van der Waals surface area (Å²) in [5.74, 6) is 0. The highest BCUT2D eigenvalue weighted by molar-refractivity contribution is 9.09. The number of hydrogen-bond acceptors (Lipinski definition) is 0. The quantitative estimate of drug-likeness (QED) is 0.635. The molecule has 0 amide bonds. The molecule has 0 saturated heterocycles. The molecule has 0 saturated carbocycles. The summed E-state index contributed by atoms with van der Waals surface area (Å²) < 4.78 is 0. The summed E-state index contributed by atoms with van der Waals surface area (Å²) in [4.78, 5) is 0.308. The Bertz CT molecular complexity index is 555. The molecule has 2 aromatic rings. The summed E-state index contributed by atoms with van der Waals surface area (Å²) in [7, 11) is 0. The van der Waals surface area contributed by atoms with E-state index in [1.807, 2.05) is 0 Å². The van der Waals surface area contributed by atoms with Gasteiger partial charge in [-0.3, -0.25) is 0 Å². The van der Waals surface area contributed by atoms with Crippen LogP contribution in [-0.4, -0.2) is 0 Å². The topological polar surface area (TPSA) is 0 Å². The molecule has 0 aliphatic heterocycles. The maximum Gasteiger partial charge on any atom is 0.0489 e. The molecule has 0 aliphatic rings. The lowest BCUT2D eigenvalue weighted by Gasteiger charge is -2.32. The third-order valence-electron chi connectivity index (χ3n) is 3.85.